The largest absolute Gasteiger partial charge is 0.472 e. The molecule has 0 rings (SSSR count). The minimum Gasteiger partial charge on any atom is -0.462 e. The van der Waals surface area contributed by atoms with Gasteiger partial charge in [-0.2, -0.15) is 0 Å². The van der Waals surface area contributed by atoms with Crippen LogP contribution in [0.3, 0.4) is 0 Å². The van der Waals surface area contributed by atoms with E-state index < -0.39 is 26.5 Å². The lowest BCUT2D eigenvalue weighted by Gasteiger charge is -2.19. The number of carbonyl (C=O) groups excluding carboxylic acids is 2. The molecule has 10 heteroatoms. The average molecular weight is 854 g/mol. The fraction of sp³-hybridized carbons (Fsp3) is 0.837. The molecule has 0 bridgehead atoms. The van der Waals surface area contributed by atoms with E-state index in [-0.39, 0.29) is 38.6 Å². The van der Waals surface area contributed by atoms with Crippen LogP contribution in [-0.4, -0.2) is 49.3 Å². The lowest BCUT2D eigenvalue weighted by atomic mass is 10.1. The second kappa shape index (κ2) is 45.7. The van der Waals surface area contributed by atoms with Crippen LogP contribution in [0.25, 0.3) is 0 Å². The molecule has 0 aromatic carbocycles. The van der Waals surface area contributed by atoms with Crippen LogP contribution < -0.4 is 5.73 Å². The minimum atomic E-state index is -4.38. The molecule has 0 amide bonds. The van der Waals surface area contributed by atoms with Crippen molar-refractivity contribution in [3.63, 3.8) is 0 Å². The summed E-state index contributed by atoms with van der Waals surface area (Å²) in [6.07, 6.45) is 51.7. The van der Waals surface area contributed by atoms with Gasteiger partial charge < -0.3 is 20.1 Å². The van der Waals surface area contributed by atoms with E-state index in [2.05, 4.69) is 50.3 Å². The van der Waals surface area contributed by atoms with Gasteiger partial charge in [0.05, 0.1) is 13.2 Å². The Morgan fingerprint density at radius 3 is 1.34 bits per heavy atom. The molecule has 0 spiro atoms. The number of phosphoric ester groups is 1. The molecule has 0 aromatic heterocycles. The van der Waals surface area contributed by atoms with Crippen molar-refractivity contribution in [1.82, 2.24) is 0 Å². The summed E-state index contributed by atoms with van der Waals surface area (Å²) < 4.78 is 32.9. The summed E-state index contributed by atoms with van der Waals surface area (Å²) in [5.74, 6) is -0.829. The predicted molar refractivity (Wildman–Crippen MR) is 247 cm³/mol. The first-order valence-electron chi connectivity index (χ1n) is 24.5. The van der Waals surface area contributed by atoms with Crippen LogP contribution in [0.15, 0.2) is 36.5 Å². The van der Waals surface area contributed by atoms with Gasteiger partial charge in [0, 0.05) is 19.4 Å². The zero-order valence-electron chi connectivity index (χ0n) is 38.2. The van der Waals surface area contributed by atoms with Crippen molar-refractivity contribution in [2.24, 2.45) is 5.73 Å². The molecule has 0 aliphatic carbocycles. The number of unbranched alkanes of at least 4 members (excludes halogenated alkanes) is 27. The van der Waals surface area contributed by atoms with E-state index in [4.69, 9.17) is 24.3 Å². The van der Waals surface area contributed by atoms with Gasteiger partial charge in [-0.05, 0) is 70.6 Å². The maximum Gasteiger partial charge on any atom is 0.472 e. The normalized spacial score (nSPS) is 13.5. The number of nitrogens with two attached hydrogens (primary N) is 1. The van der Waals surface area contributed by atoms with Crippen LogP contribution in [0.4, 0.5) is 0 Å². The third-order valence-corrected chi connectivity index (χ3v) is 11.5. The van der Waals surface area contributed by atoms with Crippen LogP contribution in [0.1, 0.15) is 232 Å². The summed E-state index contributed by atoms with van der Waals surface area (Å²) in [7, 11) is -4.38. The van der Waals surface area contributed by atoms with Gasteiger partial charge >= 0.3 is 19.8 Å². The SMILES string of the molecule is CCCCCC=CCC=CCCCCCCCCCCCC(=O)OC(COC(=O)CCCCCCCCCCCC=CCCCCCCCC)COP(=O)(O)OCCN. The topological polar surface area (TPSA) is 134 Å². The van der Waals surface area contributed by atoms with E-state index in [9.17, 15) is 19.0 Å². The van der Waals surface area contributed by atoms with Crippen molar-refractivity contribution in [2.75, 3.05) is 26.4 Å². The monoisotopic (exact) mass is 854 g/mol. The predicted octanol–water partition coefficient (Wildman–Crippen LogP) is 14.5. The van der Waals surface area contributed by atoms with E-state index >= 15 is 0 Å². The molecule has 3 N–H and O–H groups in total. The molecule has 2 unspecified atom stereocenters. The molecule has 9 nitrogen and oxygen atoms in total. The zero-order chi connectivity index (χ0) is 43.2. The summed E-state index contributed by atoms with van der Waals surface area (Å²) in [4.78, 5) is 35.0. The summed E-state index contributed by atoms with van der Waals surface area (Å²) in [6.45, 7) is 3.72. The van der Waals surface area contributed by atoms with Crippen LogP contribution in [0.5, 0.6) is 0 Å². The number of carbonyl (C=O) groups is 2. The minimum absolute atomic E-state index is 0.0526. The van der Waals surface area contributed by atoms with Crippen molar-refractivity contribution in [1.29, 1.82) is 0 Å². The highest BCUT2D eigenvalue weighted by atomic mass is 31.2. The van der Waals surface area contributed by atoms with Gasteiger partial charge in [-0.25, -0.2) is 4.57 Å². The van der Waals surface area contributed by atoms with Crippen molar-refractivity contribution >= 4 is 19.8 Å². The Balaban J connectivity index is 4.07. The van der Waals surface area contributed by atoms with Crippen LogP contribution >= 0.6 is 7.82 Å². The summed E-state index contributed by atoms with van der Waals surface area (Å²) in [5.41, 5.74) is 5.36. The highest BCUT2D eigenvalue weighted by molar-refractivity contribution is 7.47. The first-order valence-corrected chi connectivity index (χ1v) is 26.0. The van der Waals surface area contributed by atoms with Crippen molar-refractivity contribution < 1.29 is 37.6 Å². The van der Waals surface area contributed by atoms with E-state index in [0.29, 0.717) is 6.42 Å². The Bertz CT molecular complexity index is 1060. The Morgan fingerprint density at radius 1 is 0.508 bits per heavy atom. The van der Waals surface area contributed by atoms with Crippen LogP contribution in [0, 0.1) is 0 Å². The molecule has 0 radical (unpaired) electrons. The molecule has 0 heterocycles. The number of ether oxygens (including phenoxy) is 2. The van der Waals surface area contributed by atoms with Crippen molar-refractivity contribution in [3.8, 4) is 0 Å². The Hall–Kier alpha value is -1.77. The number of phosphoric acid groups is 1. The quantitative estimate of drug-likeness (QED) is 0.0265. The first kappa shape index (κ1) is 57.2. The number of esters is 2. The zero-order valence-corrected chi connectivity index (χ0v) is 39.1. The highest BCUT2D eigenvalue weighted by Gasteiger charge is 2.26. The standard InChI is InChI=1S/C49H92NO8P/c1-3-5-7-9-11-13-15-17-19-21-23-25-27-29-31-33-35-37-39-41-48(51)55-45-47(46-57-59(53,54)56-44-43-50)58-49(52)42-40-38-36-34-32-30-28-26-24-22-20-18-16-14-12-10-8-6-4-2/h12,14,17-20,47H,3-11,13,15-16,21-46,50H2,1-2H3,(H,53,54). The molecule has 0 fully saturated rings. The van der Waals surface area contributed by atoms with Crippen molar-refractivity contribution in [3.05, 3.63) is 36.5 Å². The summed E-state index contributed by atoms with van der Waals surface area (Å²) in [5, 5.41) is 0. The van der Waals surface area contributed by atoms with Gasteiger partial charge in [0.2, 0.25) is 0 Å². The lowest BCUT2D eigenvalue weighted by molar-refractivity contribution is -0.161. The molecule has 0 aliphatic heterocycles. The average Bonchev–Trinajstić information content (AvgIpc) is 3.22. The lowest BCUT2D eigenvalue weighted by Crippen LogP contribution is -2.29. The second-order valence-corrected chi connectivity index (χ2v) is 17.8. The van der Waals surface area contributed by atoms with Gasteiger partial charge in [0.25, 0.3) is 0 Å². The van der Waals surface area contributed by atoms with E-state index in [1.54, 1.807) is 0 Å². The third kappa shape index (κ3) is 45.6. The van der Waals surface area contributed by atoms with Crippen LogP contribution in [0.2, 0.25) is 0 Å². The molecule has 346 valence electrons. The number of rotatable bonds is 46. The van der Waals surface area contributed by atoms with Crippen LogP contribution in [-0.2, 0) is 32.7 Å². The molecule has 59 heavy (non-hydrogen) atoms. The number of hydrogen-bond donors (Lipinski definition) is 2. The highest BCUT2D eigenvalue weighted by Crippen LogP contribution is 2.43. The Kier molecular flexibility index (Phi) is 44.4. The van der Waals surface area contributed by atoms with Gasteiger partial charge in [-0.15, -0.1) is 0 Å². The number of allylic oxidation sites excluding steroid dienone is 6. The Labute approximate surface area is 363 Å². The first-order chi connectivity index (χ1) is 28.8. The molecule has 0 aromatic rings. The molecular formula is C49H92NO8P. The maximum atomic E-state index is 12.6. The molecular weight excluding hydrogens is 762 g/mol. The number of hydrogen-bond acceptors (Lipinski definition) is 8. The Morgan fingerprint density at radius 2 is 0.881 bits per heavy atom. The van der Waals surface area contributed by atoms with Gasteiger partial charge in [0.1, 0.15) is 6.61 Å². The third-order valence-electron chi connectivity index (χ3n) is 10.5. The van der Waals surface area contributed by atoms with E-state index in [1.165, 1.54) is 148 Å². The van der Waals surface area contributed by atoms with E-state index in [1.807, 2.05) is 0 Å². The van der Waals surface area contributed by atoms with E-state index in [0.717, 1.165) is 51.4 Å². The van der Waals surface area contributed by atoms with Crippen molar-refractivity contribution in [2.45, 2.75) is 238 Å². The fourth-order valence-corrected chi connectivity index (χ4v) is 7.60. The second-order valence-electron chi connectivity index (χ2n) is 16.3. The summed E-state index contributed by atoms with van der Waals surface area (Å²) >= 11 is 0. The van der Waals surface area contributed by atoms with Gasteiger partial charge in [-0.3, -0.25) is 18.6 Å². The molecule has 0 saturated carbocycles. The smallest absolute Gasteiger partial charge is 0.462 e. The maximum absolute atomic E-state index is 12.6. The summed E-state index contributed by atoms with van der Waals surface area (Å²) in [6, 6.07) is 0. The van der Waals surface area contributed by atoms with Gasteiger partial charge in [0.15, 0.2) is 6.10 Å². The molecule has 2 atom stereocenters. The molecule has 0 saturated heterocycles. The molecule has 0 aliphatic rings. The fourth-order valence-electron chi connectivity index (χ4n) is 6.84. The van der Waals surface area contributed by atoms with Gasteiger partial charge in [-0.1, -0.05) is 185 Å².